The summed E-state index contributed by atoms with van der Waals surface area (Å²) in [5, 5.41) is 2.06. The molecule has 1 aromatic carbocycles. The van der Waals surface area contributed by atoms with Crippen molar-refractivity contribution in [2.75, 3.05) is 30.9 Å². The van der Waals surface area contributed by atoms with Crippen LogP contribution in [0.5, 0.6) is 0 Å². The molecular weight excluding hydrogens is 382 g/mol. The zero-order valence-electron chi connectivity index (χ0n) is 23.7. The number of piperazine rings is 1. The van der Waals surface area contributed by atoms with E-state index in [0.29, 0.717) is 11.0 Å². The van der Waals surface area contributed by atoms with Crippen LogP contribution < -0.4 is 10.2 Å². The van der Waals surface area contributed by atoms with Crippen molar-refractivity contribution in [3.05, 3.63) is 28.8 Å². The Balaban J connectivity index is 1.86. The highest BCUT2D eigenvalue weighted by Gasteiger charge is 2.41. The van der Waals surface area contributed by atoms with Gasteiger partial charge in [0.25, 0.3) is 5.91 Å². The van der Waals surface area contributed by atoms with Gasteiger partial charge < -0.3 is 9.80 Å². The summed E-state index contributed by atoms with van der Waals surface area (Å²) in [5.41, 5.74) is -2.38. The number of hydrogen-bond donors (Lipinski definition) is 1. The summed E-state index contributed by atoms with van der Waals surface area (Å²) in [4.78, 5) is 37.7. The Hall–Kier alpha value is -2.55. The lowest BCUT2D eigenvalue weighted by Crippen LogP contribution is -2.52. The molecule has 2 saturated heterocycles. The molecule has 0 bridgehead atoms. The fraction of sp³-hybridized carbons (Fsp3) is 0.550. The molecule has 0 aromatic heterocycles. The first-order valence-corrected chi connectivity index (χ1v) is 9.05. The predicted octanol–water partition coefficient (Wildman–Crippen LogP) is 1.26. The van der Waals surface area contributed by atoms with E-state index >= 15 is 8.78 Å². The number of imide groups is 1. The molecule has 0 saturated carbocycles. The van der Waals surface area contributed by atoms with E-state index in [-0.39, 0.29) is 17.7 Å². The van der Waals surface area contributed by atoms with Crippen LogP contribution in [0.15, 0.2) is 6.07 Å². The van der Waals surface area contributed by atoms with E-state index in [2.05, 4.69) is 5.32 Å². The van der Waals surface area contributed by atoms with Crippen LogP contribution in [-0.2, 0) is 16.1 Å². The molecule has 0 spiro atoms. The number of rotatable bonds is 3. The van der Waals surface area contributed by atoms with Crippen LogP contribution in [-0.4, -0.2) is 65.6 Å². The maximum atomic E-state index is 15.9. The minimum absolute atomic E-state index is 0.0654. The third-order valence-corrected chi connectivity index (χ3v) is 5.01. The van der Waals surface area contributed by atoms with Crippen molar-refractivity contribution in [1.29, 1.82) is 0 Å². The molecule has 1 aromatic rings. The molecule has 156 valence electrons. The highest BCUT2D eigenvalue weighted by molar-refractivity contribution is 6.05. The summed E-state index contributed by atoms with van der Waals surface area (Å²) < 4.78 is 98.5. The number of hydrogen-bond acceptors (Lipinski definition) is 5. The van der Waals surface area contributed by atoms with Crippen LogP contribution in [0.25, 0.3) is 0 Å². The molecule has 7 nitrogen and oxygen atoms in total. The predicted molar refractivity (Wildman–Crippen MR) is 101 cm³/mol. The second kappa shape index (κ2) is 7.37. The number of fused-ring (bicyclic) bond motifs is 1. The van der Waals surface area contributed by atoms with Gasteiger partial charge in [-0.2, -0.15) is 0 Å². The molecule has 3 aliphatic heterocycles. The number of carbonyl (C=O) groups is 3. The molecule has 3 amide bonds. The van der Waals surface area contributed by atoms with Gasteiger partial charge in [-0.15, -0.1) is 0 Å². The summed E-state index contributed by atoms with van der Waals surface area (Å²) in [6, 6.07) is -1.68. The number of piperidine rings is 1. The van der Waals surface area contributed by atoms with E-state index in [4.69, 9.17) is 11.0 Å². The highest BCUT2D eigenvalue weighted by Crippen LogP contribution is 2.36. The second-order valence-electron chi connectivity index (χ2n) is 7.19. The average molecular weight is 414 g/mol. The Morgan fingerprint density at radius 3 is 2.48 bits per heavy atom. The molecule has 9 heteroatoms. The van der Waals surface area contributed by atoms with Gasteiger partial charge in [0.1, 0.15) is 17.5 Å². The van der Waals surface area contributed by atoms with Gasteiger partial charge in [-0.1, -0.05) is 0 Å². The molecule has 3 aliphatic rings. The third-order valence-electron chi connectivity index (χ3n) is 5.01. The van der Waals surface area contributed by atoms with E-state index in [1.165, 1.54) is 13.8 Å². The number of anilines is 1. The van der Waals surface area contributed by atoms with Crippen molar-refractivity contribution in [3.63, 3.8) is 0 Å². The molecule has 0 aliphatic carbocycles. The third kappa shape index (κ3) is 3.37. The number of amides is 3. The molecule has 1 atom stereocenters. The van der Waals surface area contributed by atoms with Gasteiger partial charge in [0.15, 0.2) is 5.82 Å². The van der Waals surface area contributed by atoms with E-state index in [0.717, 1.165) is 4.90 Å². The van der Waals surface area contributed by atoms with E-state index in [9.17, 15) is 14.4 Å². The smallest absolute Gasteiger partial charge is 0.255 e. The van der Waals surface area contributed by atoms with Crippen molar-refractivity contribution in [3.8, 4) is 0 Å². The summed E-state index contributed by atoms with van der Waals surface area (Å²) in [5.74, 6) is -5.51. The SMILES string of the molecule is [2H]C1([2H])N(c2c(F)cc3c(c2F)CN([C@H]2CCC(=O)NC2=O)C3=O)C([2H])([2H])C([2H])([2H])N(C(C)C)C1([2H])[2H]. The van der Waals surface area contributed by atoms with Crippen LogP contribution >= 0.6 is 0 Å². The highest BCUT2D eigenvalue weighted by atomic mass is 19.1. The summed E-state index contributed by atoms with van der Waals surface area (Å²) in [7, 11) is 0. The standard InChI is InChI=1S/C20H24F2N4O3/c1-11(2)24-5-7-25(8-6-24)18-14(21)9-12-13(17(18)22)10-26(20(12)29)15-3-4-16(27)23-19(15)28/h9,11,15H,3-8,10H2,1-2H3,(H,23,27,28)/t15-/m0/s1/i5D2,6D2,7D2,8D2. The monoisotopic (exact) mass is 414 g/mol. The number of carbonyl (C=O) groups excluding carboxylic acids is 3. The lowest BCUT2D eigenvalue weighted by Gasteiger charge is -2.38. The summed E-state index contributed by atoms with van der Waals surface area (Å²) in [6.07, 6.45) is -0.159. The quantitative estimate of drug-likeness (QED) is 0.754. The molecule has 0 radical (unpaired) electrons. The lowest BCUT2D eigenvalue weighted by molar-refractivity contribution is -0.136. The first-order chi connectivity index (χ1) is 16.8. The Bertz CT molecular complexity index is 1180. The number of halogens is 2. The van der Waals surface area contributed by atoms with Gasteiger partial charge in [-0.3, -0.25) is 24.6 Å². The first kappa shape index (κ1) is 12.2. The summed E-state index contributed by atoms with van der Waals surface area (Å²) in [6.45, 7) is -11.5. The van der Waals surface area contributed by atoms with Gasteiger partial charge >= 0.3 is 0 Å². The van der Waals surface area contributed by atoms with Gasteiger partial charge in [-0.05, 0) is 26.3 Å². The topological polar surface area (TPSA) is 73.0 Å². The molecule has 1 N–H and O–H groups in total. The van der Waals surface area contributed by atoms with E-state index in [1.54, 1.807) is 0 Å². The van der Waals surface area contributed by atoms with Crippen LogP contribution in [0.1, 0.15) is 53.6 Å². The fourth-order valence-electron chi connectivity index (χ4n) is 3.46. The van der Waals surface area contributed by atoms with Crippen molar-refractivity contribution >= 4 is 23.4 Å². The maximum Gasteiger partial charge on any atom is 0.255 e. The summed E-state index contributed by atoms with van der Waals surface area (Å²) >= 11 is 0. The molecular formula is C20H24F2N4O3. The van der Waals surface area contributed by atoms with Gasteiger partial charge in [0.2, 0.25) is 11.8 Å². The van der Waals surface area contributed by atoms with E-state index in [1.807, 2.05) is 0 Å². The van der Waals surface area contributed by atoms with E-state index < -0.39 is 90.8 Å². The van der Waals surface area contributed by atoms with Crippen LogP contribution in [0, 0.1) is 11.6 Å². The van der Waals surface area contributed by atoms with Gasteiger partial charge in [0.05, 0.1) is 17.6 Å². The lowest BCUT2D eigenvalue weighted by atomic mass is 10.0. The number of nitrogens with zero attached hydrogens (tertiary/aromatic N) is 3. The fourth-order valence-corrected chi connectivity index (χ4v) is 3.46. The van der Waals surface area contributed by atoms with Gasteiger partial charge in [0, 0.05) is 49.5 Å². The Labute approximate surface area is 178 Å². The minimum Gasteiger partial charge on any atom is -0.364 e. The zero-order chi connectivity index (χ0) is 28.0. The molecule has 3 heterocycles. The van der Waals surface area contributed by atoms with Crippen molar-refractivity contribution in [2.45, 2.75) is 45.3 Å². The van der Waals surface area contributed by atoms with Crippen LogP contribution in [0.4, 0.5) is 14.5 Å². The molecule has 29 heavy (non-hydrogen) atoms. The van der Waals surface area contributed by atoms with Crippen LogP contribution in [0.3, 0.4) is 0 Å². The van der Waals surface area contributed by atoms with Crippen molar-refractivity contribution < 1.29 is 34.1 Å². The maximum absolute atomic E-state index is 15.9. The average Bonchev–Trinajstić information content (AvgIpc) is 3.05. The zero-order valence-corrected chi connectivity index (χ0v) is 15.7. The minimum atomic E-state index is -3.51. The molecule has 4 rings (SSSR count). The van der Waals surface area contributed by atoms with Crippen molar-refractivity contribution in [1.82, 2.24) is 15.1 Å². The first-order valence-electron chi connectivity index (χ1n) is 13.1. The number of nitrogens with one attached hydrogen (secondary N) is 1. The Morgan fingerprint density at radius 2 is 1.86 bits per heavy atom. The number of benzene rings is 1. The molecule has 0 unspecified atom stereocenters. The normalized spacial score (nSPS) is 34.1. The van der Waals surface area contributed by atoms with Crippen LogP contribution in [0.2, 0.25) is 0 Å². The van der Waals surface area contributed by atoms with Crippen molar-refractivity contribution in [2.24, 2.45) is 0 Å². The molecule has 2 fully saturated rings. The Morgan fingerprint density at radius 1 is 1.17 bits per heavy atom. The van der Waals surface area contributed by atoms with Gasteiger partial charge in [-0.25, -0.2) is 8.78 Å². The largest absolute Gasteiger partial charge is 0.364 e. The second-order valence-corrected chi connectivity index (χ2v) is 7.19. The Kier molecular flexibility index (Phi) is 3.10.